The number of rotatable bonds is 9. The average Bonchev–Trinajstić information content (AvgIpc) is 3.16. The number of benzene rings is 2. The van der Waals surface area contributed by atoms with Crippen LogP contribution in [0, 0.1) is 11.3 Å². The molecule has 8 nitrogen and oxygen atoms in total. The van der Waals surface area contributed by atoms with Crippen molar-refractivity contribution in [2.75, 3.05) is 58.9 Å². The summed E-state index contributed by atoms with van der Waals surface area (Å²) in [6, 6.07) is 9.13. The van der Waals surface area contributed by atoms with Gasteiger partial charge in [-0.15, -0.1) is 0 Å². The van der Waals surface area contributed by atoms with E-state index in [4.69, 9.17) is 37.4 Å². The molecule has 4 rings (SSSR count). The van der Waals surface area contributed by atoms with Crippen LogP contribution in [0.4, 0.5) is 11.4 Å². The molecule has 1 aliphatic rings. The smallest absolute Gasteiger partial charge is 0.163 e. The third kappa shape index (κ3) is 6.05. The summed E-state index contributed by atoms with van der Waals surface area (Å²) in [5, 5.41) is 17.9. The minimum atomic E-state index is 0.357. The number of methoxy groups -OCH3 is 2. The van der Waals surface area contributed by atoms with Crippen molar-refractivity contribution in [2.45, 2.75) is 12.8 Å². The summed E-state index contributed by atoms with van der Waals surface area (Å²) in [6.45, 7) is 5.82. The van der Waals surface area contributed by atoms with Gasteiger partial charge in [0.15, 0.2) is 11.5 Å². The Morgan fingerprint density at radius 3 is 2.67 bits per heavy atom. The van der Waals surface area contributed by atoms with Gasteiger partial charge in [-0.1, -0.05) is 23.2 Å². The Hall–Kier alpha value is -2.96. The Labute approximate surface area is 221 Å². The molecule has 0 unspecified atom stereocenters. The van der Waals surface area contributed by atoms with Crippen molar-refractivity contribution >= 4 is 45.5 Å². The lowest BCUT2D eigenvalue weighted by Gasteiger charge is -2.20. The zero-order valence-electron chi connectivity index (χ0n) is 20.4. The van der Waals surface area contributed by atoms with E-state index in [0.717, 1.165) is 39.1 Å². The highest BCUT2D eigenvalue weighted by Gasteiger charge is 2.17. The number of hydrogen-bond donors (Lipinski definition) is 2. The summed E-state index contributed by atoms with van der Waals surface area (Å²) in [4.78, 5) is 6.94. The molecule has 0 saturated carbocycles. The number of nitrogens with zero attached hydrogens (tertiary/aromatic N) is 3. The molecule has 2 aromatic carbocycles. The molecule has 1 aliphatic heterocycles. The maximum atomic E-state index is 9.75. The van der Waals surface area contributed by atoms with Crippen molar-refractivity contribution in [3.05, 3.63) is 46.1 Å². The number of pyridine rings is 1. The second kappa shape index (κ2) is 12.3. The largest absolute Gasteiger partial charge is 0.495 e. The Kier molecular flexibility index (Phi) is 8.94. The van der Waals surface area contributed by atoms with Crippen LogP contribution in [0.3, 0.4) is 0 Å². The number of anilines is 2. The lowest BCUT2D eigenvalue weighted by molar-refractivity contribution is 0.238. The van der Waals surface area contributed by atoms with Crippen molar-refractivity contribution < 1.29 is 14.2 Å². The zero-order valence-corrected chi connectivity index (χ0v) is 21.9. The van der Waals surface area contributed by atoms with E-state index in [2.05, 4.69) is 26.6 Å². The van der Waals surface area contributed by atoms with Gasteiger partial charge in [0.1, 0.15) is 11.8 Å². The van der Waals surface area contributed by atoms with Gasteiger partial charge in [-0.25, -0.2) is 0 Å². The van der Waals surface area contributed by atoms with Crippen LogP contribution in [0.5, 0.6) is 17.2 Å². The SMILES string of the molecule is COc1cc(Nc2c(C#N)cnc3cc(OCCCN4CCCNCC4)c(OC)cc23)c(Cl)cc1Cl. The van der Waals surface area contributed by atoms with Crippen LogP contribution in [0.15, 0.2) is 30.5 Å². The Balaban J connectivity index is 1.58. The van der Waals surface area contributed by atoms with E-state index >= 15 is 0 Å². The molecule has 0 amide bonds. The van der Waals surface area contributed by atoms with Gasteiger partial charge in [0.2, 0.25) is 0 Å². The number of halogens is 2. The van der Waals surface area contributed by atoms with Crippen LogP contribution in [-0.2, 0) is 0 Å². The van der Waals surface area contributed by atoms with E-state index in [0.29, 0.717) is 61.7 Å². The predicted octanol–water partition coefficient (Wildman–Crippen LogP) is 5.24. The van der Waals surface area contributed by atoms with Crippen molar-refractivity contribution in [3.8, 4) is 23.3 Å². The number of nitrogens with one attached hydrogen (secondary N) is 2. The minimum absolute atomic E-state index is 0.357. The first kappa shape index (κ1) is 26.1. The van der Waals surface area contributed by atoms with Crippen molar-refractivity contribution in [2.24, 2.45) is 0 Å². The van der Waals surface area contributed by atoms with Crippen LogP contribution >= 0.6 is 23.2 Å². The van der Waals surface area contributed by atoms with E-state index in [1.54, 1.807) is 19.2 Å². The summed E-state index contributed by atoms with van der Waals surface area (Å²) in [5.74, 6) is 1.63. The summed E-state index contributed by atoms with van der Waals surface area (Å²) in [5.41, 5.74) is 2.11. The summed E-state index contributed by atoms with van der Waals surface area (Å²) in [7, 11) is 3.12. The minimum Gasteiger partial charge on any atom is -0.495 e. The highest BCUT2D eigenvalue weighted by molar-refractivity contribution is 6.37. The van der Waals surface area contributed by atoms with Gasteiger partial charge in [0.05, 0.1) is 53.3 Å². The lowest BCUT2D eigenvalue weighted by Crippen LogP contribution is -2.29. The molecular weight excluding hydrogens is 501 g/mol. The first-order valence-corrected chi connectivity index (χ1v) is 12.6. The normalized spacial score (nSPS) is 14.2. The summed E-state index contributed by atoms with van der Waals surface area (Å²) in [6.07, 6.45) is 3.60. The molecule has 0 radical (unpaired) electrons. The Bertz CT molecular complexity index is 1260. The quantitative estimate of drug-likeness (QED) is 0.363. The summed E-state index contributed by atoms with van der Waals surface area (Å²) >= 11 is 12.6. The van der Waals surface area contributed by atoms with Crippen LogP contribution < -0.4 is 24.8 Å². The van der Waals surface area contributed by atoms with E-state index < -0.39 is 0 Å². The maximum absolute atomic E-state index is 9.75. The number of ether oxygens (including phenoxy) is 3. The molecule has 0 bridgehead atoms. The number of fused-ring (bicyclic) bond motifs is 1. The van der Waals surface area contributed by atoms with Crippen LogP contribution in [0.2, 0.25) is 10.0 Å². The highest BCUT2D eigenvalue weighted by Crippen LogP contribution is 2.40. The molecule has 0 atom stereocenters. The maximum Gasteiger partial charge on any atom is 0.163 e. The standard InChI is InChI=1S/C26H29Cl2N5O3/c1-34-23-14-22(19(27)12-20(23)28)32-26-17(15-29)16-31-21-13-25(24(35-2)11-18(21)26)36-10-4-8-33-7-3-5-30-6-9-33/h11-14,16,30H,3-10H2,1-2H3,(H,31,32). The van der Waals surface area contributed by atoms with Crippen LogP contribution in [-0.4, -0.2) is 63.4 Å². The van der Waals surface area contributed by atoms with Gasteiger partial charge in [0.25, 0.3) is 0 Å². The van der Waals surface area contributed by atoms with Gasteiger partial charge < -0.3 is 29.7 Å². The molecule has 3 aromatic rings. The monoisotopic (exact) mass is 529 g/mol. The van der Waals surface area contributed by atoms with Crippen LogP contribution in [0.25, 0.3) is 10.9 Å². The molecule has 1 aromatic heterocycles. The summed E-state index contributed by atoms with van der Waals surface area (Å²) < 4.78 is 17.0. The molecule has 0 aliphatic carbocycles. The lowest BCUT2D eigenvalue weighted by atomic mass is 10.1. The molecule has 10 heteroatoms. The fraction of sp³-hybridized carbons (Fsp3) is 0.385. The zero-order chi connectivity index (χ0) is 25.5. The molecule has 1 fully saturated rings. The van der Waals surface area contributed by atoms with E-state index in [9.17, 15) is 5.26 Å². The van der Waals surface area contributed by atoms with Crippen LogP contribution in [0.1, 0.15) is 18.4 Å². The number of nitriles is 1. The third-order valence-corrected chi connectivity index (χ3v) is 6.69. The Morgan fingerprint density at radius 1 is 1.06 bits per heavy atom. The average molecular weight is 530 g/mol. The van der Waals surface area contributed by atoms with Gasteiger partial charge in [-0.05, 0) is 38.1 Å². The van der Waals surface area contributed by atoms with E-state index in [1.807, 2.05) is 12.1 Å². The number of hydrogen-bond acceptors (Lipinski definition) is 8. The van der Waals surface area contributed by atoms with E-state index in [1.165, 1.54) is 19.7 Å². The van der Waals surface area contributed by atoms with Gasteiger partial charge in [0, 0.05) is 43.4 Å². The molecule has 2 N–H and O–H groups in total. The number of aromatic nitrogens is 1. The first-order valence-electron chi connectivity index (χ1n) is 11.8. The molecule has 2 heterocycles. The van der Waals surface area contributed by atoms with Crippen molar-refractivity contribution in [1.29, 1.82) is 5.26 Å². The molecule has 36 heavy (non-hydrogen) atoms. The van der Waals surface area contributed by atoms with Gasteiger partial charge in [-0.3, -0.25) is 4.98 Å². The molecule has 0 spiro atoms. The van der Waals surface area contributed by atoms with Crippen molar-refractivity contribution in [3.63, 3.8) is 0 Å². The second-order valence-corrected chi connectivity index (χ2v) is 9.23. The third-order valence-electron chi connectivity index (χ3n) is 6.08. The second-order valence-electron chi connectivity index (χ2n) is 8.42. The van der Waals surface area contributed by atoms with Gasteiger partial charge in [-0.2, -0.15) is 5.26 Å². The molecular formula is C26H29Cl2N5O3. The highest BCUT2D eigenvalue weighted by atomic mass is 35.5. The topological polar surface area (TPSA) is 91.7 Å². The Morgan fingerprint density at radius 2 is 1.89 bits per heavy atom. The van der Waals surface area contributed by atoms with E-state index in [-0.39, 0.29) is 0 Å². The van der Waals surface area contributed by atoms with Crippen molar-refractivity contribution in [1.82, 2.24) is 15.2 Å². The fourth-order valence-corrected chi connectivity index (χ4v) is 4.71. The first-order chi connectivity index (χ1) is 17.5. The van der Waals surface area contributed by atoms with Gasteiger partial charge >= 0.3 is 0 Å². The molecule has 1 saturated heterocycles. The fourth-order valence-electron chi connectivity index (χ4n) is 4.20. The molecule has 190 valence electrons. The predicted molar refractivity (Wildman–Crippen MR) is 143 cm³/mol.